The highest BCUT2D eigenvalue weighted by Crippen LogP contribution is 2.28. The van der Waals surface area contributed by atoms with E-state index in [2.05, 4.69) is 26.2 Å². The van der Waals surface area contributed by atoms with Crippen LogP contribution in [0, 0.1) is 12.8 Å². The minimum absolute atomic E-state index is 0.0832. The Hall–Kier alpha value is -0.900. The maximum atomic E-state index is 11.8. The van der Waals surface area contributed by atoms with Crippen molar-refractivity contribution in [3.8, 4) is 0 Å². The smallest absolute Gasteiger partial charge is 0.225 e. The summed E-state index contributed by atoms with van der Waals surface area (Å²) in [7, 11) is 0. The lowest BCUT2D eigenvalue weighted by molar-refractivity contribution is -0.116. The minimum atomic E-state index is 0.0832. The number of anilines is 1. The Balaban J connectivity index is 1.82. The molecule has 0 aromatic carbocycles. The van der Waals surface area contributed by atoms with Gasteiger partial charge in [-0.05, 0) is 46.8 Å². The lowest BCUT2D eigenvalue weighted by Gasteiger charge is -2.10. The van der Waals surface area contributed by atoms with Gasteiger partial charge in [0.15, 0.2) is 0 Å². The van der Waals surface area contributed by atoms with Crippen molar-refractivity contribution in [2.75, 3.05) is 5.32 Å². The van der Waals surface area contributed by atoms with Crippen molar-refractivity contribution in [1.82, 2.24) is 4.98 Å². The Morgan fingerprint density at radius 2 is 2.22 bits per heavy atom. The van der Waals surface area contributed by atoms with E-state index in [1.165, 1.54) is 25.7 Å². The Bertz CT molecular complexity index is 428. The fraction of sp³-hybridized carbons (Fsp3) is 0.571. The van der Waals surface area contributed by atoms with Crippen molar-refractivity contribution in [3.05, 3.63) is 22.3 Å². The molecule has 0 unspecified atom stereocenters. The number of pyridine rings is 1. The van der Waals surface area contributed by atoms with Gasteiger partial charge in [-0.25, -0.2) is 4.98 Å². The van der Waals surface area contributed by atoms with Gasteiger partial charge in [0.25, 0.3) is 0 Å². The monoisotopic (exact) mass is 310 g/mol. The molecule has 0 aliphatic heterocycles. The summed E-state index contributed by atoms with van der Waals surface area (Å²) in [6.45, 7) is 1.95. The molecular formula is C14H19BrN2O. The van der Waals surface area contributed by atoms with Gasteiger partial charge in [0.2, 0.25) is 5.91 Å². The first kappa shape index (κ1) is 13.5. The summed E-state index contributed by atoms with van der Waals surface area (Å²) in [5.74, 6) is 1.52. The van der Waals surface area contributed by atoms with Crippen LogP contribution in [0.2, 0.25) is 0 Å². The lowest BCUT2D eigenvalue weighted by atomic mass is 10.0. The van der Waals surface area contributed by atoms with E-state index in [9.17, 15) is 4.79 Å². The molecule has 2 rings (SSSR count). The molecule has 1 aliphatic carbocycles. The summed E-state index contributed by atoms with van der Waals surface area (Å²) in [5.41, 5.74) is 0.985. The molecule has 1 aromatic heterocycles. The van der Waals surface area contributed by atoms with Crippen LogP contribution in [0.25, 0.3) is 0 Å². The van der Waals surface area contributed by atoms with Crippen molar-refractivity contribution in [2.24, 2.45) is 5.92 Å². The molecular weight excluding hydrogens is 292 g/mol. The number of carbonyl (C=O) groups excluding carboxylic acids is 1. The summed E-state index contributed by atoms with van der Waals surface area (Å²) in [6, 6.07) is 1.96. The third-order valence-corrected chi connectivity index (χ3v) is 3.99. The molecule has 0 radical (unpaired) electrons. The van der Waals surface area contributed by atoms with Crippen molar-refractivity contribution in [1.29, 1.82) is 0 Å². The zero-order chi connectivity index (χ0) is 13.0. The number of nitrogens with one attached hydrogen (secondary N) is 1. The molecule has 4 heteroatoms. The standard InChI is InChI=1S/C14H19BrN2O/c1-10-8-12(15)9-16-14(10)17-13(18)7-6-11-4-2-3-5-11/h8-9,11H,2-7H2,1H3,(H,16,17,18). The maximum Gasteiger partial charge on any atom is 0.225 e. The highest BCUT2D eigenvalue weighted by Gasteiger charge is 2.16. The third-order valence-electron chi connectivity index (χ3n) is 3.56. The summed E-state index contributed by atoms with van der Waals surface area (Å²) in [4.78, 5) is 16.1. The molecule has 1 N–H and O–H groups in total. The first-order valence-corrected chi connectivity index (χ1v) is 7.36. The molecule has 1 amide bonds. The van der Waals surface area contributed by atoms with E-state index in [4.69, 9.17) is 0 Å². The number of rotatable bonds is 4. The number of aromatic nitrogens is 1. The molecule has 1 fully saturated rings. The van der Waals surface area contributed by atoms with Crippen LogP contribution in [0.5, 0.6) is 0 Å². The maximum absolute atomic E-state index is 11.8. The minimum Gasteiger partial charge on any atom is -0.310 e. The van der Waals surface area contributed by atoms with E-state index in [1.807, 2.05) is 13.0 Å². The quantitative estimate of drug-likeness (QED) is 0.911. The van der Waals surface area contributed by atoms with Crippen LogP contribution in [0.1, 0.15) is 44.1 Å². The molecule has 1 aliphatic rings. The second-order valence-electron chi connectivity index (χ2n) is 5.06. The van der Waals surface area contributed by atoms with Crippen molar-refractivity contribution in [3.63, 3.8) is 0 Å². The predicted molar refractivity (Wildman–Crippen MR) is 76.5 cm³/mol. The Kier molecular flexibility index (Phi) is 4.75. The first-order chi connectivity index (χ1) is 8.65. The van der Waals surface area contributed by atoms with E-state index in [1.54, 1.807) is 6.20 Å². The van der Waals surface area contributed by atoms with Gasteiger partial charge in [0, 0.05) is 17.1 Å². The van der Waals surface area contributed by atoms with Crippen molar-refractivity contribution in [2.45, 2.75) is 45.4 Å². The summed E-state index contributed by atoms with van der Waals surface area (Å²) in [6.07, 6.45) is 8.59. The van der Waals surface area contributed by atoms with E-state index in [0.29, 0.717) is 12.2 Å². The number of amides is 1. The van der Waals surface area contributed by atoms with Crippen LogP contribution >= 0.6 is 15.9 Å². The molecule has 98 valence electrons. The highest BCUT2D eigenvalue weighted by atomic mass is 79.9. The van der Waals surface area contributed by atoms with E-state index in [-0.39, 0.29) is 5.91 Å². The Morgan fingerprint density at radius 1 is 1.50 bits per heavy atom. The van der Waals surface area contributed by atoms with E-state index in [0.717, 1.165) is 22.4 Å². The molecule has 3 nitrogen and oxygen atoms in total. The molecule has 0 spiro atoms. The SMILES string of the molecule is Cc1cc(Br)cnc1NC(=O)CCC1CCCC1. The number of hydrogen-bond donors (Lipinski definition) is 1. The normalized spacial score (nSPS) is 15.9. The van der Waals surface area contributed by atoms with E-state index < -0.39 is 0 Å². The molecule has 1 heterocycles. The fourth-order valence-corrected chi connectivity index (χ4v) is 2.95. The zero-order valence-corrected chi connectivity index (χ0v) is 12.3. The van der Waals surface area contributed by atoms with Gasteiger partial charge >= 0.3 is 0 Å². The van der Waals surface area contributed by atoms with Crippen LogP contribution in [-0.4, -0.2) is 10.9 Å². The first-order valence-electron chi connectivity index (χ1n) is 6.57. The van der Waals surface area contributed by atoms with Crippen LogP contribution in [0.4, 0.5) is 5.82 Å². The van der Waals surface area contributed by atoms with Gasteiger partial charge < -0.3 is 5.32 Å². The number of carbonyl (C=O) groups is 1. The number of halogens is 1. The van der Waals surface area contributed by atoms with Gasteiger partial charge in [-0.15, -0.1) is 0 Å². The van der Waals surface area contributed by atoms with Crippen LogP contribution in [-0.2, 0) is 4.79 Å². The van der Waals surface area contributed by atoms with Gasteiger partial charge in [-0.2, -0.15) is 0 Å². The lowest BCUT2D eigenvalue weighted by Crippen LogP contribution is -2.14. The molecule has 0 saturated heterocycles. The van der Waals surface area contributed by atoms with Gasteiger partial charge in [0.05, 0.1) is 0 Å². The predicted octanol–water partition coefficient (Wildman–Crippen LogP) is 4.06. The molecule has 18 heavy (non-hydrogen) atoms. The number of hydrogen-bond acceptors (Lipinski definition) is 2. The largest absolute Gasteiger partial charge is 0.310 e. The number of nitrogens with zero attached hydrogens (tertiary/aromatic N) is 1. The van der Waals surface area contributed by atoms with Gasteiger partial charge in [-0.3, -0.25) is 4.79 Å². The van der Waals surface area contributed by atoms with Crippen LogP contribution in [0.15, 0.2) is 16.7 Å². The van der Waals surface area contributed by atoms with E-state index >= 15 is 0 Å². The second kappa shape index (κ2) is 6.32. The molecule has 0 bridgehead atoms. The fourth-order valence-electron chi connectivity index (χ4n) is 2.50. The molecule has 1 saturated carbocycles. The van der Waals surface area contributed by atoms with Crippen LogP contribution in [0.3, 0.4) is 0 Å². The average Bonchev–Trinajstić information content (AvgIpc) is 2.83. The van der Waals surface area contributed by atoms with Gasteiger partial charge in [-0.1, -0.05) is 25.7 Å². The number of aryl methyl sites for hydroxylation is 1. The van der Waals surface area contributed by atoms with Crippen molar-refractivity contribution < 1.29 is 4.79 Å². The highest BCUT2D eigenvalue weighted by molar-refractivity contribution is 9.10. The summed E-state index contributed by atoms with van der Waals surface area (Å²) in [5, 5.41) is 2.89. The third kappa shape index (κ3) is 3.80. The van der Waals surface area contributed by atoms with Crippen molar-refractivity contribution >= 4 is 27.7 Å². The second-order valence-corrected chi connectivity index (χ2v) is 5.97. The van der Waals surface area contributed by atoms with Crippen LogP contribution < -0.4 is 5.32 Å². The summed E-state index contributed by atoms with van der Waals surface area (Å²) >= 11 is 3.36. The Labute approximate surface area is 117 Å². The average molecular weight is 311 g/mol. The zero-order valence-electron chi connectivity index (χ0n) is 10.7. The topological polar surface area (TPSA) is 42.0 Å². The summed E-state index contributed by atoms with van der Waals surface area (Å²) < 4.78 is 0.934. The Morgan fingerprint density at radius 3 is 2.89 bits per heavy atom. The van der Waals surface area contributed by atoms with Gasteiger partial charge in [0.1, 0.15) is 5.82 Å². The molecule has 0 atom stereocenters. The molecule has 1 aromatic rings.